The Morgan fingerprint density at radius 1 is 1.08 bits per heavy atom. The van der Waals surface area contributed by atoms with Crippen LogP contribution in [-0.4, -0.2) is 55.6 Å². The maximum Gasteiger partial charge on any atom is 0.315 e. The topological polar surface area (TPSA) is 135 Å². The van der Waals surface area contributed by atoms with Gasteiger partial charge in [0.05, 0.1) is 10.9 Å². The van der Waals surface area contributed by atoms with Gasteiger partial charge in [0.15, 0.2) is 16.0 Å². The SMILES string of the molecule is CC(=O)SC1=CC2=CC(=O)C(SC(C)=O)C[C@@]23COC(=O)[C@]24CCC3[C@@H]1[C@@H]2CC[C@@]4(O)CCC(=O)O. The van der Waals surface area contributed by atoms with Crippen LogP contribution in [0.2, 0.25) is 0 Å². The van der Waals surface area contributed by atoms with E-state index in [0.29, 0.717) is 25.7 Å². The Balaban J connectivity index is 1.66. The summed E-state index contributed by atoms with van der Waals surface area (Å²) in [5, 5.41) is 20.3. The summed E-state index contributed by atoms with van der Waals surface area (Å²) in [6, 6.07) is 0. The lowest BCUT2D eigenvalue weighted by Crippen LogP contribution is -2.64. The van der Waals surface area contributed by atoms with E-state index in [0.717, 1.165) is 34.0 Å². The van der Waals surface area contributed by atoms with Crippen molar-refractivity contribution in [3.63, 3.8) is 0 Å². The van der Waals surface area contributed by atoms with Crippen LogP contribution in [-0.2, 0) is 28.7 Å². The lowest BCUT2D eigenvalue weighted by molar-refractivity contribution is -0.206. The number of carboxylic acids is 1. The third kappa shape index (κ3) is 3.66. The van der Waals surface area contributed by atoms with Gasteiger partial charge >= 0.3 is 11.9 Å². The molecule has 8 nitrogen and oxygen atoms in total. The first-order valence-corrected chi connectivity index (χ1v) is 14.1. The molecule has 6 rings (SSSR count). The first kappa shape index (κ1) is 25.7. The Bertz CT molecular complexity index is 1130. The fourth-order valence-corrected chi connectivity index (χ4v) is 9.90. The fraction of sp³-hybridized carbons (Fsp3) is 0.654. The van der Waals surface area contributed by atoms with E-state index in [-0.39, 0.29) is 59.6 Å². The zero-order valence-electron chi connectivity index (χ0n) is 20.3. The van der Waals surface area contributed by atoms with Crippen LogP contribution < -0.4 is 0 Å². The molecule has 0 aromatic heterocycles. The molecule has 4 fully saturated rings. The molecular formula is C26H30O8S2. The molecule has 2 aliphatic heterocycles. The maximum absolute atomic E-state index is 13.9. The molecule has 4 aliphatic carbocycles. The van der Waals surface area contributed by atoms with Crippen LogP contribution >= 0.6 is 23.5 Å². The van der Waals surface area contributed by atoms with E-state index >= 15 is 0 Å². The number of hydrogen-bond donors (Lipinski definition) is 2. The average molecular weight is 535 g/mol. The molecule has 194 valence electrons. The number of allylic oxidation sites excluding steroid dienone is 3. The first-order valence-electron chi connectivity index (χ1n) is 12.4. The smallest absolute Gasteiger partial charge is 0.315 e. The van der Waals surface area contributed by atoms with Crippen molar-refractivity contribution in [2.45, 2.75) is 69.6 Å². The predicted octanol–water partition coefficient (Wildman–Crippen LogP) is 3.27. The van der Waals surface area contributed by atoms with E-state index in [2.05, 4.69) is 0 Å². The van der Waals surface area contributed by atoms with Gasteiger partial charge in [0.1, 0.15) is 12.0 Å². The van der Waals surface area contributed by atoms with Crippen LogP contribution in [0.25, 0.3) is 0 Å². The molecular weight excluding hydrogens is 504 g/mol. The molecule has 0 aromatic carbocycles. The Morgan fingerprint density at radius 2 is 1.81 bits per heavy atom. The quantitative estimate of drug-likeness (QED) is 0.506. The van der Waals surface area contributed by atoms with Crippen LogP contribution in [0, 0.1) is 28.6 Å². The molecule has 2 spiro atoms. The minimum absolute atomic E-state index is 0.0269. The van der Waals surface area contributed by atoms with Gasteiger partial charge in [0.2, 0.25) is 0 Å². The third-order valence-corrected chi connectivity index (χ3v) is 11.2. The molecule has 0 amide bonds. The molecule has 2 heterocycles. The number of esters is 1. The lowest BCUT2D eigenvalue weighted by Gasteiger charge is -2.61. The molecule has 7 atom stereocenters. The van der Waals surface area contributed by atoms with Gasteiger partial charge in [-0.2, -0.15) is 0 Å². The number of thioether (sulfide) groups is 2. The van der Waals surface area contributed by atoms with Crippen LogP contribution in [0.5, 0.6) is 0 Å². The van der Waals surface area contributed by atoms with Crippen LogP contribution in [0.3, 0.4) is 0 Å². The zero-order chi connectivity index (χ0) is 26.0. The predicted molar refractivity (Wildman–Crippen MR) is 133 cm³/mol. The largest absolute Gasteiger partial charge is 0.481 e. The van der Waals surface area contributed by atoms with Crippen molar-refractivity contribution in [2.75, 3.05) is 6.61 Å². The van der Waals surface area contributed by atoms with E-state index in [1.165, 1.54) is 13.8 Å². The van der Waals surface area contributed by atoms with Crippen molar-refractivity contribution < 1.29 is 38.9 Å². The van der Waals surface area contributed by atoms with Gasteiger partial charge in [-0.3, -0.25) is 24.0 Å². The summed E-state index contributed by atoms with van der Waals surface area (Å²) < 4.78 is 5.98. The van der Waals surface area contributed by atoms with Gasteiger partial charge in [-0.05, 0) is 78.9 Å². The van der Waals surface area contributed by atoms with Crippen molar-refractivity contribution in [3.05, 3.63) is 22.6 Å². The Hall–Kier alpha value is -1.91. The number of carbonyl (C=O) groups excluding carboxylic acids is 4. The van der Waals surface area contributed by atoms with Crippen molar-refractivity contribution in [1.29, 1.82) is 0 Å². The highest BCUT2D eigenvalue weighted by atomic mass is 32.2. The van der Waals surface area contributed by atoms with Gasteiger partial charge in [-0.25, -0.2) is 0 Å². The number of carboxylic acid groups (broad SMARTS) is 1. The zero-order valence-corrected chi connectivity index (χ0v) is 21.9. The molecule has 6 aliphatic rings. The number of aliphatic carboxylic acids is 1. The molecule has 0 radical (unpaired) electrons. The Kier molecular flexibility index (Phi) is 6.32. The minimum Gasteiger partial charge on any atom is -0.481 e. The highest BCUT2D eigenvalue weighted by molar-refractivity contribution is 8.16. The third-order valence-electron chi connectivity index (χ3n) is 9.27. The van der Waals surface area contributed by atoms with Gasteiger partial charge in [0.25, 0.3) is 0 Å². The summed E-state index contributed by atoms with van der Waals surface area (Å²) in [7, 11) is 0. The number of fused-ring (bicyclic) bond motifs is 3. The Labute approximate surface area is 217 Å². The second kappa shape index (κ2) is 8.84. The van der Waals surface area contributed by atoms with Crippen LogP contribution in [0.15, 0.2) is 22.6 Å². The van der Waals surface area contributed by atoms with Crippen LogP contribution in [0.4, 0.5) is 0 Å². The van der Waals surface area contributed by atoms with Gasteiger partial charge < -0.3 is 14.9 Å². The Morgan fingerprint density at radius 3 is 2.47 bits per heavy atom. The van der Waals surface area contributed by atoms with Gasteiger partial charge in [0, 0.05) is 25.7 Å². The number of hydrogen-bond acceptors (Lipinski definition) is 9. The monoisotopic (exact) mass is 534 g/mol. The standard InChI is InChI=1S/C26H30O8S2/c1-13(27)35-19-10-15-9-18(29)20(36-14(2)28)11-24(15)12-34-23(32)26-8-4-16(24)22(19)17(26)3-6-25(26,33)7-5-21(30)31/h9-10,16-17,20,22,33H,3-8,11-12H2,1-2H3,(H,30,31)/t16?,17-,20?,22+,24+,25+,26-/m0/s1. The summed E-state index contributed by atoms with van der Waals surface area (Å²) in [5.41, 5.74) is -2.64. The van der Waals surface area contributed by atoms with Gasteiger partial charge in [-0.15, -0.1) is 0 Å². The van der Waals surface area contributed by atoms with E-state index in [9.17, 15) is 34.2 Å². The number of aliphatic hydroxyl groups is 1. The van der Waals surface area contributed by atoms with Crippen molar-refractivity contribution in [3.8, 4) is 0 Å². The van der Waals surface area contributed by atoms with E-state index < -0.39 is 33.6 Å². The second-order valence-electron chi connectivity index (χ2n) is 10.9. The molecule has 2 saturated carbocycles. The molecule has 10 heteroatoms. The van der Waals surface area contributed by atoms with Crippen molar-refractivity contribution >= 4 is 51.5 Å². The summed E-state index contributed by atoms with van der Waals surface area (Å²) >= 11 is 2.12. The van der Waals surface area contributed by atoms with Crippen molar-refractivity contribution in [2.24, 2.45) is 28.6 Å². The number of ether oxygens (including phenoxy) is 1. The molecule has 4 bridgehead atoms. The minimum atomic E-state index is -1.50. The highest BCUT2D eigenvalue weighted by Gasteiger charge is 2.72. The average Bonchev–Trinajstić information content (AvgIpc) is 3.10. The molecule has 2 saturated heterocycles. The summed E-state index contributed by atoms with van der Waals surface area (Å²) in [6.07, 6.45) is 5.30. The fourth-order valence-electron chi connectivity index (χ4n) is 7.95. The number of ketones is 1. The summed E-state index contributed by atoms with van der Waals surface area (Å²) in [4.78, 5) is 63.2. The first-order chi connectivity index (χ1) is 16.9. The van der Waals surface area contributed by atoms with Gasteiger partial charge in [-0.1, -0.05) is 23.5 Å². The van der Waals surface area contributed by atoms with E-state index in [1.807, 2.05) is 6.08 Å². The lowest BCUT2D eigenvalue weighted by atomic mass is 9.46. The molecule has 36 heavy (non-hydrogen) atoms. The highest BCUT2D eigenvalue weighted by Crippen LogP contribution is 2.71. The molecule has 2 N–H and O–H groups in total. The van der Waals surface area contributed by atoms with Crippen molar-refractivity contribution in [1.82, 2.24) is 0 Å². The van der Waals surface area contributed by atoms with Crippen LogP contribution in [0.1, 0.15) is 58.8 Å². The van der Waals surface area contributed by atoms with E-state index in [1.54, 1.807) is 6.08 Å². The number of carbonyl (C=O) groups is 5. The maximum atomic E-state index is 13.9. The molecule has 2 unspecified atom stereocenters. The normalized spacial score (nSPS) is 40.8. The second-order valence-corrected chi connectivity index (χ2v) is 13.5. The summed E-state index contributed by atoms with van der Waals surface area (Å²) in [6.45, 7) is 2.94. The van der Waals surface area contributed by atoms with E-state index in [4.69, 9.17) is 4.74 Å². The number of rotatable bonds is 5. The molecule has 0 aromatic rings. The summed E-state index contributed by atoms with van der Waals surface area (Å²) in [5.74, 6) is -2.24.